The maximum absolute atomic E-state index is 12.5. The molecule has 0 aliphatic carbocycles. The van der Waals surface area contributed by atoms with Crippen LogP contribution in [0.3, 0.4) is 0 Å². The summed E-state index contributed by atoms with van der Waals surface area (Å²) in [7, 11) is -3.26. The van der Waals surface area contributed by atoms with Gasteiger partial charge in [-0.25, -0.2) is 8.42 Å². The van der Waals surface area contributed by atoms with E-state index in [1.54, 1.807) is 23.9 Å². The maximum atomic E-state index is 12.5. The first-order chi connectivity index (χ1) is 8.89. The zero-order valence-electron chi connectivity index (χ0n) is 10.4. The molecule has 1 saturated heterocycles. The summed E-state index contributed by atoms with van der Waals surface area (Å²) in [5.41, 5.74) is 0.549. The molecule has 7 heteroatoms. The van der Waals surface area contributed by atoms with Crippen LogP contribution in [-0.2, 0) is 9.84 Å². The van der Waals surface area contributed by atoms with Gasteiger partial charge >= 0.3 is 0 Å². The van der Waals surface area contributed by atoms with Crippen molar-refractivity contribution >= 4 is 50.1 Å². The number of carbonyl (C=O) groups is 1. The van der Waals surface area contributed by atoms with E-state index in [9.17, 15) is 13.2 Å². The Kier molecular flexibility index (Phi) is 4.78. The van der Waals surface area contributed by atoms with Gasteiger partial charge in [-0.1, -0.05) is 6.07 Å². The molecule has 1 aromatic carbocycles. The third-order valence-electron chi connectivity index (χ3n) is 2.91. The van der Waals surface area contributed by atoms with Gasteiger partial charge in [-0.3, -0.25) is 4.79 Å². The second-order valence-corrected chi connectivity index (χ2v) is 8.97. The third kappa shape index (κ3) is 3.63. The smallest absolute Gasteiger partial charge is 0.255 e. The molecule has 1 heterocycles. The first-order valence-electron chi connectivity index (χ1n) is 5.73. The van der Waals surface area contributed by atoms with Crippen molar-refractivity contribution in [2.45, 2.75) is 5.37 Å². The zero-order valence-corrected chi connectivity index (χ0v) is 14.2. The Morgan fingerprint density at radius 1 is 1.47 bits per heavy atom. The van der Waals surface area contributed by atoms with Gasteiger partial charge in [0.05, 0.1) is 0 Å². The van der Waals surface area contributed by atoms with Gasteiger partial charge in [-0.2, -0.15) is 11.8 Å². The first-order valence-corrected chi connectivity index (χ1v) is 9.91. The highest BCUT2D eigenvalue weighted by Crippen LogP contribution is 2.22. The molecule has 0 radical (unpaired) electrons. The lowest BCUT2D eigenvalue weighted by Gasteiger charge is -2.34. The second-order valence-electron chi connectivity index (χ2n) is 4.37. The summed E-state index contributed by atoms with van der Waals surface area (Å²) in [5, 5.41) is -0.711. The van der Waals surface area contributed by atoms with Crippen LogP contribution in [0.2, 0.25) is 0 Å². The zero-order chi connectivity index (χ0) is 14.0. The molecule has 1 aromatic rings. The molecular weight excluding hydrogens is 397 g/mol. The molecule has 0 saturated carbocycles. The molecule has 2 rings (SSSR count). The fourth-order valence-electron chi connectivity index (χ4n) is 1.96. The Labute approximate surface area is 131 Å². The molecular formula is C12H14INO3S2. The van der Waals surface area contributed by atoms with Crippen LogP contribution < -0.4 is 0 Å². The van der Waals surface area contributed by atoms with Crippen LogP contribution in [-0.4, -0.2) is 48.9 Å². The van der Waals surface area contributed by atoms with Gasteiger partial charge < -0.3 is 4.90 Å². The van der Waals surface area contributed by atoms with Crippen molar-refractivity contribution in [2.24, 2.45) is 0 Å². The van der Waals surface area contributed by atoms with E-state index in [-0.39, 0.29) is 5.91 Å². The maximum Gasteiger partial charge on any atom is 0.255 e. The molecule has 1 fully saturated rings. The minimum absolute atomic E-state index is 0.200. The largest absolute Gasteiger partial charge is 0.320 e. The molecule has 1 amide bonds. The molecule has 1 atom stereocenters. The molecule has 1 unspecified atom stereocenters. The molecule has 1 aliphatic rings. The fraction of sp³-hybridized carbons (Fsp3) is 0.417. The van der Waals surface area contributed by atoms with E-state index in [0.717, 1.165) is 9.32 Å². The van der Waals surface area contributed by atoms with E-state index in [1.807, 2.05) is 12.1 Å². The van der Waals surface area contributed by atoms with Crippen LogP contribution in [0.4, 0.5) is 0 Å². The molecule has 19 heavy (non-hydrogen) atoms. The molecule has 104 valence electrons. The van der Waals surface area contributed by atoms with Crippen molar-refractivity contribution in [3.63, 3.8) is 0 Å². The van der Waals surface area contributed by atoms with E-state index in [4.69, 9.17) is 0 Å². The Hall–Kier alpha value is -0.280. The molecule has 1 aliphatic heterocycles. The van der Waals surface area contributed by atoms with Crippen molar-refractivity contribution in [2.75, 3.05) is 24.3 Å². The summed E-state index contributed by atoms with van der Waals surface area (Å²) in [4.78, 5) is 13.9. The Morgan fingerprint density at radius 3 is 2.84 bits per heavy atom. The highest BCUT2D eigenvalue weighted by Gasteiger charge is 2.34. The predicted molar refractivity (Wildman–Crippen MR) is 86.2 cm³/mol. The predicted octanol–water partition coefficient (Wildman–Crippen LogP) is 1.85. The van der Waals surface area contributed by atoms with Crippen LogP contribution in [0, 0.1) is 3.57 Å². The molecule has 0 bridgehead atoms. The van der Waals surface area contributed by atoms with E-state index in [1.165, 1.54) is 11.2 Å². The minimum atomic E-state index is -3.26. The number of benzene rings is 1. The van der Waals surface area contributed by atoms with E-state index < -0.39 is 15.2 Å². The summed E-state index contributed by atoms with van der Waals surface area (Å²) in [6.07, 6.45) is 1.19. The van der Waals surface area contributed by atoms with Crippen molar-refractivity contribution < 1.29 is 13.2 Å². The fourth-order valence-corrected chi connectivity index (χ4v) is 5.31. The van der Waals surface area contributed by atoms with E-state index >= 15 is 0 Å². The average Bonchev–Trinajstić information content (AvgIpc) is 2.37. The Morgan fingerprint density at radius 2 is 2.21 bits per heavy atom. The SMILES string of the molecule is CS(=O)(=O)C1CSCCN1C(=O)c1cccc(I)c1. The number of thioether (sulfide) groups is 1. The topological polar surface area (TPSA) is 54.5 Å². The summed E-state index contributed by atoms with van der Waals surface area (Å²) in [6.45, 7) is 0.479. The second kappa shape index (κ2) is 6.01. The van der Waals surface area contributed by atoms with Crippen LogP contribution >= 0.6 is 34.4 Å². The van der Waals surface area contributed by atoms with Crippen LogP contribution in [0.25, 0.3) is 0 Å². The number of hydrogen-bond acceptors (Lipinski definition) is 4. The van der Waals surface area contributed by atoms with Gasteiger partial charge in [0, 0.05) is 33.4 Å². The average molecular weight is 411 g/mol. The van der Waals surface area contributed by atoms with Gasteiger partial charge in [0.15, 0.2) is 9.84 Å². The Balaban J connectivity index is 2.30. The van der Waals surface area contributed by atoms with Gasteiger partial charge in [0.1, 0.15) is 5.37 Å². The standard InChI is InChI=1S/C12H14INO3S2/c1-19(16,17)11-8-18-6-5-14(11)12(15)9-3-2-4-10(13)7-9/h2-4,7,11H,5-6,8H2,1H3. The van der Waals surface area contributed by atoms with Crippen molar-refractivity contribution in [3.05, 3.63) is 33.4 Å². The monoisotopic (exact) mass is 411 g/mol. The van der Waals surface area contributed by atoms with E-state index in [0.29, 0.717) is 17.9 Å². The number of hydrogen-bond donors (Lipinski definition) is 0. The lowest BCUT2D eigenvalue weighted by atomic mass is 10.2. The van der Waals surface area contributed by atoms with Crippen LogP contribution in [0.1, 0.15) is 10.4 Å². The summed E-state index contributed by atoms with van der Waals surface area (Å²) < 4.78 is 24.5. The summed E-state index contributed by atoms with van der Waals surface area (Å²) in [6, 6.07) is 7.22. The molecule has 0 spiro atoms. The normalized spacial score (nSPS) is 20.3. The number of halogens is 1. The third-order valence-corrected chi connectivity index (χ3v) is 6.23. The van der Waals surface area contributed by atoms with Gasteiger partial charge in [0.25, 0.3) is 5.91 Å². The van der Waals surface area contributed by atoms with Gasteiger partial charge in [0.2, 0.25) is 0 Å². The first kappa shape index (κ1) is 15.1. The lowest BCUT2D eigenvalue weighted by Crippen LogP contribution is -2.49. The van der Waals surface area contributed by atoms with Crippen molar-refractivity contribution in [1.82, 2.24) is 4.90 Å². The van der Waals surface area contributed by atoms with Crippen molar-refractivity contribution in [1.29, 1.82) is 0 Å². The lowest BCUT2D eigenvalue weighted by molar-refractivity contribution is 0.0749. The van der Waals surface area contributed by atoms with E-state index in [2.05, 4.69) is 22.6 Å². The molecule has 0 N–H and O–H groups in total. The highest BCUT2D eigenvalue weighted by molar-refractivity contribution is 14.1. The molecule has 4 nitrogen and oxygen atoms in total. The van der Waals surface area contributed by atoms with Crippen LogP contribution in [0.5, 0.6) is 0 Å². The number of rotatable bonds is 2. The quantitative estimate of drug-likeness (QED) is 0.698. The number of amides is 1. The van der Waals surface area contributed by atoms with Crippen molar-refractivity contribution in [3.8, 4) is 0 Å². The number of sulfone groups is 1. The highest BCUT2D eigenvalue weighted by atomic mass is 127. The van der Waals surface area contributed by atoms with Gasteiger partial charge in [-0.05, 0) is 40.8 Å². The number of nitrogens with zero attached hydrogens (tertiary/aromatic N) is 1. The Bertz CT molecular complexity index is 588. The molecule has 0 aromatic heterocycles. The van der Waals surface area contributed by atoms with Crippen LogP contribution in [0.15, 0.2) is 24.3 Å². The summed E-state index contributed by atoms with van der Waals surface area (Å²) in [5.74, 6) is 1.03. The number of carbonyl (C=O) groups excluding carboxylic acids is 1. The van der Waals surface area contributed by atoms with Gasteiger partial charge in [-0.15, -0.1) is 0 Å². The summed E-state index contributed by atoms with van der Waals surface area (Å²) >= 11 is 3.71. The minimum Gasteiger partial charge on any atom is -0.320 e.